The number of halogens is 1. The van der Waals surface area contributed by atoms with Crippen LogP contribution < -0.4 is 5.32 Å². The van der Waals surface area contributed by atoms with Gasteiger partial charge >= 0.3 is 0 Å². The number of carbonyl (C=O) groups excluding carboxylic acids is 1. The Labute approximate surface area is 122 Å². The molecule has 0 spiro atoms. The van der Waals surface area contributed by atoms with Crippen LogP contribution in [0.5, 0.6) is 0 Å². The zero-order valence-electron chi connectivity index (χ0n) is 11.9. The smallest absolute Gasteiger partial charge is 0.247 e. The molecule has 112 valence electrons. The molecule has 0 saturated heterocycles. The van der Waals surface area contributed by atoms with E-state index in [9.17, 15) is 9.18 Å². The fourth-order valence-electron chi connectivity index (χ4n) is 1.78. The van der Waals surface area contributed by atoms with E-state index in [4.69, 9.17) is 4.42 Å². The second-order valence-electron chi connectivity index (χ2n) is 4.71. The molecule has 0 aliphatic heterocycles. The summed E-state index contributed by atoms with van der Waals surface area (Å²) in [5.41, 5.74) is 0.655. The van der Waals surface area contributed by atoms with Crippen molar-refractivity contribution in [1.29, 1.82) is 0 Å². The highest BCUT2D eigenvalue weighted by atomic mass is 19.1. The van der Waals surface area contributed by atoms with E-state index in [2.05, 4.69) is 22.4 Å². The van der Waals surface area contributed by atoms with Gasteiger partial charge in [-0.2, -0.15) is 0 Å². The minimum atomic E-state index is -0.317. The van der Waals surface area contributed by atoms with Crippen molar-refractivity contribution in [3.63, 3.8) is 0 Å². The molecule has 2 aromatic rings. The number of unbranched alkanes of at least 4 members (excludes halogenated alkanes) is 1. The van der Waals surface area contributed by atoms with E-state index in [0.717, 1.165) is 12.8 Å². The number of amides is 1. The zero-order chi connectivity index (χ0) is 15.1. The number of hydrogen-bond donors (Lipinski definition) is 1. The standard InChI is InChI=1S/C15H18FN3O2/c1-2-3-10-17-13(20)8-9-14-18-19-15(21-14)11-4-6-12(16)7-5-11/h4-7H,2-3,8-10H2,1H3,(H,17,20). The summed E-state index contributed by atoms with van der Waals surface area (Å²) in [7, 11) is 0. The number of benzene rings is 1. The van der Waals surface area contributed by atoms with Gasteiger partial charge in [-0.25, -0.2) is 4.39 Å². The third-order valence-corrected chi connectivity index (χ3v) is 2.98. The normalized spacial score (nSPS) is 10.6. The van der Waals surface area contributed by atoms with Crippen LogP contribution in [0.15, 0.2) is 28.7 Å². The molecular weight excluding hydrogens is 273 g/mol. The molecule has 0 unspecified atom stereocenters. The molecule has 1 heterocycles. The molecule has 1 N–H and O–H groups in total. The second kappa shape index (κ2) is 7.52. The van der Waals surface area contributed by atoms with Crippen LogP contribution in [-0.4, -0.2) is 22.6 Å². The van der Waals surface area contributed by atoms with Crippen LogP contribution >= 0.6 is 0 Å². The Bertz CT molecular complexity index is 581. The lowest BCUT2D eigenvalue weighted by Crippen LogP contribution is -2.24. The average molecular weight is 291 g/mol. The minimum Gasteiger partial charge on any atom is -0.421 e. The lowest BCUT2D eigenvalue weighted by atomic mass is 10.2. The number of aromatic nitrogens is 2. The average Bonchev–Trinajstić information content (AvgIpc) is 2.95. The molecule has 0 fully saturated rings. The molecule has 0 saturated carbocycles. The quantitative estimate of drug-likeness (QED) is 0.796. The summed E-state index contributed by atoms with van der Waals surface area (Å²) < 4.78 is 18.3. The maximum atomic E-state index is 12.8. The van der Waals surface area contributed by atoms with Gasteiger partial charge in [0.15, 0.2) is 0 Å². The van der Waals surface area contributed by atoms with E-state index in [-0.39, 0.29) is 11.7 Å². The van der Waals surface area contributed by atoms with Gasteiger partial charge in [-0.1, -0.05) is 13.3 Å². The van der Waals surface area contributed by atoms with Gasteiger partial charge < -0.3 is 9.73 Å². The summed E-state index contributed by atoms with van der Waals surface area (Å²) in [6.07, 6.45) is 2.73. The lowest BCUT2D eigenvalue weighted by molar-refractivity contribution is -0.121. The van der Waals surface area contributed by atoms with Crippen LogP contribution in [0.3, 0.4) is 0 Å². The van der Waals surface area contributed by atoms with Gasteiger partial charge in [0.2, 0.25) is 17.7 Å². The summed E-state index contributed by atoms with van der Waals surface area (Å²) >= 11 is 0. The lowest BCUT2D eigenvalue weighted by Gasteiger charge is -2.01. The fourth-order valence-corrected chi connectivity index (χ4v) is 1.78. The third kappa shape index (κ3) is 4.66. The van der Waals surface area contributed by atoms with Crippen molar-refractivity contribution in [3.05, 3.63) is 36.0 Å². The Morgan fingerprint density at radius 1 is 1.29 bits per heavy atom. The topological polar surface area (TPSA) is 68.0 Å². The van der Waals surface area contributed by atoms with Crippen molar-refractivity contribution in [2.24, 2.45) is 0 Å². The van der Waals surface area contributed by atoms with Crippen LogP contribution in [-0.2, 0) is 11.2 Å². The molecule has 0 aliphatic carbocycles. The molecule has 0 aliphatic rings. The molecule has 21 heavy (non-hydrogen) atoms. The zero-order valence-corrected chi connectivity index (χ0v) is 11.9. The van der Waals surface area contributed by atoms with Crippen LogP contribution in [0.1, 0.15) is 32.1 Å². The minimum absolute atomic E-state index is 0.0232. The summed E-state index contributed by atoms with van der Waals surface area (Å²) in [5, 5.41) is 10.6. The number of hydrogen-bond acceptors (Lipinski definition) is 4. The maximum Gasteiger partial charge on any atom is 0.247 e. The fraction of sp³-hybridized carbons (Fsp3) is 0.400. The van der Waals surface area contributed by atoms with Crippen LogP contribution in [0.2, 0.25) is 0 Å². The Kier molecular flexibility index (Phi) is 5.43. The third-order valence-electron chi connectivity index (χ3n) is 2.98. The molecule has 1 amide bonds. The van der Waals surface area contributed by atoms with E-state index < -0.39 is 0 Å². The second-order valence-corrected chi connectivity index (χ2v) is 4.71. The van der Waals surface area contributed by atoms with Crippen LogP contribution in [0.25, 0.3) is 11.5 Å². The van der Waals surface area contributed by atoms with E-state index in [0.29, 0.717) is 36.7 Å². The first-order valence-electron chi connectivity index (χ1n) is 7.04. The van der Waals surface area contributed by atoms with E-state index in [1.54, 1.807) is 12.1 Å². The van der Waals surface area contributed by atoms with Crippen molar-refractivity contribution in [1.82, 2.24) is 15.5 Å². The number of rotatable bonds is 7. The Morgan fingerprint density at radius 2 is 2.05 bits per heavy atom. The van der Waals surface area contributed by atoms with Gasteiger partial charge in [-0.05, 0) is 30.7 Å². The Balaban J connectivity index is 1.86. The van der Waals surface area contributed by atoms with Crippen molar-refractivity contribution in [2.45, 2.75) is 32.6 Å². The summed E-state index contributed by atoms with van der Waals surface area (Å²) in [4.78, 5) is 11.6. The first kappa shape index (κ1) is 15.2. The molecule has 0 atom stereocenters. The highest BCUT2D eigenvalue weighted by molar-refractivity contribution is 5.75. The molecule has 1 aromatic carbocycles. The Morgan fingerprint density at radius 3 is 2.76 bits per heavy atom. The SMILES string of the molecule is CCCCNC(=O)CCc1nnc(-c2ccc(F)cc2)o1. The molecule has 0 bridgehead atoms. The van der Waals surface area contributed by atoms with E-state index >= 15 is 0 Å². The van der Waals surface area contributed by atoms with Gasteiger partial charge in [-0.15, -0.1) is 10.2 Å². The van der Waals surface area contributed by atoms with Crippen molar-refractivity contribution < 1.29 is 13.6 Å². The van der Waals surface area contributed by atoms with Gasteiger partial charge in [0.1, 0.15) is 5.82 Å². The predicted molar refractivity (Wildman–Crippen MR) is 75.9 cm³/mol. The van der Waals surface area contributed by atoms with Crippen LogP contribution in [0.4, 0.5) is 4.39 Å². The number of carbonyl (C=O) groups is 1. The van der Waals surface area contributed by atoms with Gasteiger partial charge in [-0.3, -0.25) is 4.79 Å². The largest absolute Gasteiger partial charge is 0.421 e. The maximum absolute atomic E-state index is 12.8. The molecule has 1 aromatic heterocycles. The number of aryl methyl sites for hydroxylation is 1. The van der Waals surface area contributed by atoms with E-state index in [1.165, 1.54) is 12.1 Å². The highest BCUT2D eigenvalue weighted by Gasteiger charge is 2.10. The number of nitrogens with one attached hydrogen (secondary N) is 1. The van der Waals surface area contributed by atoms with Crippen molar-refractivity contribution in [3.8, 4) is 11.5 Å². The van der Waals surface area contributed by atoms with Crippen molar-refractivity contribution >= 4 is 5.91 Å². The summed E-state index contributed by atoms with van der Waals surface area (Å²) in [6, 6.07) is 5.81. The highest BCUT2D eigenvalue weighted by Crippen LogP contribution is 2.18. The molecule has 5 nitrogen and oxygen atoms in total. The monoisotopic (exact) mass is 291 g/mol. The summed E-state index contributed by atoms with van der Waals surface area (Å²) in [5.74, 6) is 0.392. The summed E-state index contributed by atoms with van der Waals surface area (Å²) in [6.45, 7) is 2.77. The first-order valence-corrected chi connectivity index (χ1v) is 7.04. The van der Waals surface area contributed by atoms with Crippen molar-refractivity contribution in [2.75, 3.05) is 6.54 Å². The van der Waals surface area contributed by atoms with Gasteiger partial charge in [0, 0.05) is 24.9 Å². The predicted octanol–water partition coefficient (Wildman–Crippen LogP) is 2.72. The Hall–Kier alpha value is -2.24. The van der Waals surface area contributed by atoms with Crippen LogP contribution in [0, 0.1) is 5.82 Å². The molecule has 0 radical (unpaired) electrons. The van der Waals surface area contributed by atoms with E-state index in [1.807, 2.05) is 0 Å². The van der Waals surface area contributed by atoms with Gasteiger partial charge in [0.05, 0.1) is 0 Å². The molecular formula is C15H18FN3O2. The number of nitrogens with zero attached hydrogens (tertiary/aromatic N) is 2. The molecule has 6 heteroatoms. The first-order chi connectivity index (χ1) is 10.2. The van der Waals surface area contributed by atoms with Gasteiger partial charge in [0.25, 0.3) is 0 Å². The molecule has 2 rings (SSSR count).